The molecule has 2 saturated heterocycles. The Morgan fingerprint density at radius 2 is 1.32 bits per heavy atom. The average molecular weight is 414 g/mol. The predicted octanol–water partition coefficient (Wildman–Crippen LogP) is 5.79. The van der Waals surface area contributed by atoms with Gasteiger partial charge in [-0.1, -0.05) is 72.8 Å². The van der Waals surface area contributed by atoms with E-state index in [4.69, 9.17) is 0 Å². The van der Waals surface area contributed by atoms with Crippen molar-refractivity contribution < 1.29 is 4.92 Å². The fourth-order valence-corrected chi connectivity index (χ4v) is 5.53. The third-order valence-electron chi connectivity index (χ3n) is 6.78. The second-order valence-electron chi connectivity index (χ2n) is 8.64. The molecule has 2 bridgehead atoms. The summed E-state index contributed by atoms with van der Waals surface area (Å²) in [6, 6.07) is 30.0. The molecule has 0 aliphatic carbocycles. The van der Waals surface area contributed by atoms with Crippen LogP contribution in [0.4, 0.5) is 11.4 Å². The summed E-state index contributed by atoms with van der Waals surface area (Å²) in [6.45, 7) is 0. The zero-order chi connectivity index (χ0) is 21.2. The largest absolute Gasteiger partial charge is 0.377 e. The van der Waals surface area contributed by atoms with Crippen molar-refractivity contribution in [2.75, 3.05) is 5.32 Å². The second-order valence-corrected chi connectivity index (χ2v) is 8.64. The van der Waals surface area contributed by atoms with E-state index in [1.54, 1.807) is 12.1 Å². The lowest BCUT2D eigenvalue weighted by Gasteiger charge is -2.44. The van der Waals surface area contributed by atoms with Crippen LogP contribution in [-0.2, 0) is 0 Å². The Hall–Kier alpha value is -3.18. The summed E-state index contributed by atoms with van der Waals surface area (Å²) in [6.07, 6.45) is 4.35. The van der Waals surface area contributed by atoms with Crippen molar-refractivity contribution in [2.45, 2.75) is 49.9 Å². The number of hydrogen-bond acceptors (Lipinski definition) is 4. The van der Waals surface area contributed by atoms with Crippen molar-refractivity contribution >= 4 is 11.4 Å². The van der Waals surface area contributed by atoms with Crippen LogP contribution in [0.25, 0.3) is 0 Å². The van der Waals surface area contributed by atoms with E-state index in [1.165, 1.54) is 24.0 Å². The van der Waals surface area contributed by atoms with Gasteiger partial charge in [-0.2, -0.15) is 0 Å². The molecule has 3 aromatic rings. The minimum absolute atomic E-state index is 0.156. The molecule has 3 aromatic carbocycles. The van der Waals surface area contributed by atoms with Gasteiger partial charge in [0.1, 0.15) is 5.69 Å². The SMILES string of the molecule is O=[N+]([O-])c1ccccc1NC1CC2CCC(C1)N2C(c1ccccc1)c1ccccc1. The number of fused-ring (bicyclic) bond motifs is 2. The molecule has 5 nitrogen and oxygen atoms in total. The van der Waals surface area contributed by atoms with Crippen LogP contribution < -0.4 is 5.32 Å². The Morgan fingerprint density at radius 3 is 1.87 bits per heavy atom. The number of piperidine rings is 1. The van der Waals surface area contributed by atoms with Gasteiger partial charge in [0.15, 0.2) is 0 Å². The molecule has 0 amide bonds. The van der Waals surface area contributed by atoms with Gasteiger partial charge < -0.3 is 5.32 Å². The van der Waals surface area contributed by atoms with Crippen LogP contribution in [0.2, 0.25) is 0 Å². The van der Waals surface area contributed by atoms with Crippen molar-refractivity contribution in [3.8, 4) is 0 Å². The summed E-state index contributed by atoms with van der Waals surface area (Å²) in [5.74, 6) is 0. The molecule has 2 fully saturated rings. The first-order valence-corrected chi connectivity index (χ1v) is 11.1. The Morgan fingerprint density at radius 1 is 0.806 bits per heavy atom. The molecule has 0 radical (unpaired) electrons. The van der Waals surface area contributed by atoms with Crippen LogP contribution >= 0.6 is 0 Å². The van der Waals surface area contributed by atoms with E-state index in [0.717, 1.165) is 12.8 Å². The maximum Gasteiger partial charge on any atom is 0.292 e. The minimum atomic E-state index is -0.299. The number of nitro groups is 1. The van der Waals surface area contributed by atoms with E-state index in [1.807, 2.05) is 12.1 Å². The summed E-state index contributed by atoms with van der Waals surface area (Å²) in [4.78, 5) is 13.8. The molecule has 2 heterocycles. The van der Waals surface area contributed by atoms with Gasteiger partial charge in [0.25, 0.3) is 5.69 Å². The smallest absolute Gasteiger partial charge is 0.292 e. The lowest BCUT2D eigenvalue weighted by atomic mass is 9.89. The third kappa shape index (κ3) is 3.93. The lowest BCUT2D eigenvalue weighted by molar-refractivity contribution is -0.384. The molecule has 2 atom stereocenters. The third-order valence-corrected chi connectivity index (χ3v) is 6.78. The van der Waals surface area contributed by atoms with Crippen LogP contribution in [0.1, 0.15) is 42.9 Å². The van der Waals surface area contributed by atoms with E-state index < -0.39 is 0 Å². The number of para-hydroxylation sites is 2. The van der Waals surface area contributed by atoms with Gasteiger partial charge in [-0.3, -0.25) is 15.0 Å². The molecule has 2 aliphatic heterocycles. The normalized spacial score (nSPS) is 23.1. The fourth-order valence-electron chi connectivity index (χ4n) is 5.53. The summed E-state index contributed by atoms with van der Waals surface area (Å²) >= 11 is 0. The Balaban J connectivity index is 1.41. The zero-order valence-electron chi connectivity index (χ0n) is 17.4. The number of benzene rings is 3. The molecule has 5 heteroatoms. The summed E-state index contributed by atoms with van der Waals surface area (Å²) in [5, 5.41) is 14.9. The van der Waals surface area contributed by atoms with Crippen molar-refractivity contribution in [1.82, 2.24) is 4.90 Å². The summed E-state index contributed by atoms with van der Waals surface area (Å²) in [7, 11) is 0. The Kier molecular flexibility index (Phi) is 5.43. The first kappa shape index (κ1) is 19.8. The van der Waals surface area contributed by atoms with Crippen molar-refractivity contribution in [3.63, 3.8) is 0 Å². The number of rotatable bonds is 6. The van der Waals surface area contributed by atoms with E-state index in [9.17, 15) is 10.1 Å². The standard InChI is InChI=1S/C26H27N3O2/c30-29(31)25-14-8-7-13-24(25)27-21-17-22-15-16-23(18-21)28(22)26(19-9-3-1-4-10-19)20-11-5-2-6-12-20/h1-14,21-23,26-27H,15-18H2. The molecular formula is C26H27N3O2. The number of nitro benzene ring substituents is 1. The first-order chi connectivity index (χ1) is 15.2. The van der Waals surface area contributed by atoms with Crippen LogP contribution in [0.5, 0.6) is 0 Å². The average Bonchev–Trinajstić information content (AvgIpc) is 3.05. The van der Waals surface area contributed by atoms with Gasteiger partial charge >= 0.3 is 0 Å². The van der Waals surface area contributed by atoms with E-state index in [-0.39, 0.29) is 22.7 Å². The highest BCUT2D eigenvalue weighted by Gasteiger charge is 2.44. The van der Waals surface area contributed by atoms with E-state index in [0.29, 0.717) is 17.8 Å². The monoisotopic (exact) mass is 413 g/mol. The van der Waals surface area contributed by atoms with Gasteiger partial charge in [0.2, 0.25) is 0 Å². The van der Waals surface area contributed by atoms with Crippen LogP contribution in [0.15, 0.2) is 84.9 Å². The predicted molar refractivity (Wildman–Crippen MR) is 123 cm³/mol. The molecule has 2 aliphatic rings. The molecule has 1 N–H and O–H groups in total. The number of hydrogen-bond donors (Lipinski definition) is 1. The van der Waals surface area contributed by atoms with E-state index >= 15 is 0 Å². The molecule has 158 valence electrons. The molecule has 31 heavy (non-hydrogen) atoms. The maximum absolute atomic E-state index is 11.4. The van der Waals surface area contributed by atoms with Crippen LogP contribution in [-0.4, -0.2) is 27.9 Å². The van der Waals surface area contributed by atoms with E-state index in [2.05, 4.69) is 70.9 Å². The minimum Gasteiger partial charge on any atom is -0.377 e. The van der Waals surface area contributed by atoms with Gasteiger partial charge in [-0.15, -0.1) is 0 Å². The van der Waals surface area contributed by atoms with Gasteiger partial charge in [0, 0.05) is 24.2 Å². The molecule has 5 rings (SSSR count). The quantitative estimate of drug-likeness (QED) is 0.410. The fraction of sp³-hybridized carbons (Fsp3) is 0.308. The Bertz CT molecular complexity index is 987. The highest BCUT2D eigenvalue weighted by atomic mass is 16.6. The highest BCUT2D eigenvalue weighted by Crippen LogP contribution is 2.45. The van der Waals surface area contributed by atoms with Crippen molar-refractivity contribution in [1.29, 1.82) is 0 Å². The summed E-state index contributed by atoms with van der Waals surface area (Å²) in [5.41, 5.74) is 3.45. The van der Waals surface area contributed by atoms with Crippen molar-refractivity contribution in [3.05, 3.63) is 106 Å². The van der Waals surface area contributed by atoms with Gasteiger partial charge in [-0.05, 0) is 42.9 Å². The van der Waals surface area contributed by atoms with Crippen LogP contribution in [0.3, 0.4) is 0 Å². The molecule has 2 unspecified atom stereocenters. The second kappa shape index (κ2) is 8.52. The summed E-state index contributed by atoms with van der Waals surface area (Å²) < 4.78 is 0. The van der Waals surface area contributed by atoms with Crippen LogP contribution in [0, 0.1) is 10.1 Å². The molecular weight excluding hydrogens is 386 g/mol. The number of anilines is 1. The number of nitrogens with zero attached hydrogens (tertiary/aromatic N) is 2. The van der Waals surface area contributed by atoms with Gasteiger partial charge in [-0.25, -0.2) is 0 Å². The lowest BCUT2D eigenvalue weighted by Crippen LogP contribution is -2.48. The number of nitrogens with one attached hydrogen (secondary N) is 1. The van der Waals surface area contributed by atoms with Gasteiger partial charge in [0.05, 0.1) is 11.0 Å². The molecule has 0 spiro atoms. The maximum atomic E-state index is 11.4. The highest BCUT2D eigenvalue weighted by molar-refractivity contribution is 5.61. The zero-order valence-corrected chi connectivity index (χ0v) is 17.4. The molecule has 0 saturated carbocycles. The topological polar surface area (TPSA) is 58.4 Å². The molecule has 0 aromatic heterocycles. The van der Waals surface area contributed by atoms with Crippen molar-refractivity contribution in [2.24, 2.45) is 0 Å². The Labute approximate surface area is 182 Å². The first-order valence-electron chi connectivity index (χ1n) is 11.1.